The van der Waals surface area contributed by atoms with Gasteiger partial charge in [-0.3, -0.25) is 0 Å². The van der Waals surface area contributed by atoms with Crippen LogP contribution in [0.15, 0.2) is 16.6 Å². The van der Waals surface area contributed by atoms with E-state index in [1.807, 2.05) is 12.1 Å². The first-order valence-corrected chi connectivity index (χ1v) is 5.12. The van der Waals surface area contributed by atoms with Gasteiger partial charge in [0.05, 0.1) is 18.7 Å². The zero-order chi connectivity index (χ0) is 10.6. The van der Waals surface area contributed by atoms with Gasteiger partial charge in [0.1, 0.15) is 11.5 Å². The molecule has 0 heterocycles. The van der Waals surface area contributed by atoms with E-state index in [-0.39, 0.29) is 0 Å². The third-order valence-electron chi connectivity index (χ3n) is 1.97. The van der Waals surface area contributed by atoms with Gasteiger partial charge in [0, 0.05) is 6.07 Å². The third-order valence-corrected chi connectivity index (χ3v) is 2.59. The van der Waals surface area contributed by atoms with Crippen molar-refractivity contribution in [2.75, 3.05) is 20.8 Å². The fourth-order valence-corrected chi connectivity index (χ4v) is 1.83. The average Bonchev–Trinajstić information content (AvgIpc) is 2.19. The second-order valence-corrected chi connectivity index (χ2v) is 3.69. The molecule has 1 rings (SSSR count). The largest absolute Gasteiger partial charge is 0.496 e. The van der Waals surface area contributed by atoms with E-state index in [0.29, 0.717) is 6.54 Å². The van der Waals surface area contributed by atoms with Crippen molar-refractivity contribution in [3.8, 4) is 11.5 Å². The summed E-state index contributed by atoms with van der Waals surface area (Å²) in [7, 11) is 3.27. The van der Waals surface area contributed by atoms with Crippen LogP contribution in [0, 0.1) is 0 Å². The summed E-state index contributed by atoms with van der Waals surface area (Å²) in [6.07, 6.45) is 0.797. The Morgan fingerprint density at radius 3 is 2.36 bits per heavy atom. The van der Waals surface area contributed by atoms with Crippen molar-refractivity contribution in [2.45, 2.75) is 6.42 Å². The number of nitrogens with two attached hydrogens (primary N) is 1. The van der Waals surface area contributed by atoms with Crippen molar-refractivity contribution in [3.05, 3.63) is 22.2 Å². The fraction of sp³-hybridized carbons (Fsp3) is 0.400. The smallest absolute Gasteiger partial charge is 0.136 e. The van der Waals surface area contributed by atoms with Crippen LogP contribution in [-0.2, 0) is 6.42 Å². The lowest BCUT2D eigenvalue weighted by Gasteiger charge is -2.11. The maximum absolute atomic E-state index is 5.50. The Bertz CT molecular complexity index is 315. The van der Waals surface area contributed by atoms with E-state index in [1.165, 1.54) is 0 Å². The molecule has 2 N–H and O–H groups in total. The zero-order valence-electron chi connectivity index (χ0n) is 8.34. The zero-order valence-corrected chi connectivity index (χ0v) is 9.93. The third kappa shape index (κ3) is 2.39. The summed E-state index contributed by atoms with van der Waals surface area (Å²) in [4.78, 5) is 0. The number of hydrogen-bond acceptors (Lipinski definition) is 3. The Balaban J connectivity index is 3.10. The van der Waals surface area contributed by atoms with Gasteiger partial charge >= 0.3 is 0 Å². The first-order valence-electron chi connectivity index (χ1n) is 4.33. The fourth-order valence-electron chi connectivity index (χ4n) is 1.27. The predicted octanol–water partition coefficient (Wildman–Crippen LogP) is 1.97. The highest BCUT2D eigenvalue weighted by atomic mass is 79.9. The molecular weight excluding hydrogens is 246 g/mol. The summed E-state index contributed by atoms with van der Waals surface area (Å²) < 4.78 is 11.3. The van der Waals surface area contributed by atoms with E-state index in [4.69, 9.17) is 15.2 Å². The van der Waals surface area contributed by atoms with Gasteiger partial charge in [0.2, 0.25) is 0 Å². The Labute approximate surface area is 92.3 Å². The van der Waals surface area contributed by atoms with Crippen LogP contribution in [0.1, 0.15) is 5.56 Å². The maximum Gasteiger partial charge on any atom is 0.136 e. The normalized spacial score (nSPS) is 10.0. The van der Waals surface area contributed by atoms with Gasteiger partial charge in [0.15, 0.2) is 0 Å². The number of methoxy groups -OCH3 is 2. The van der Waals surface area contributed by atoms with Gasteiger partial charge in [-0.2, -0.15) is 0 Å². The van der Waals surface area contributed by atoms with Crippen LogP contribution < -0.4 is 15.2 Å². The van der Waals surface area contributed by atoms with Crippen molar-refractivity contribution in [1.82, 2.24) is 0 Å². The Morgan fingerprint density at radius 2 is 1.86 bits per heavy atom. The van der Waals surface area contributed by atoms with Gasteiger partial charge in [-0.25, -0.2) is 0 Å². The van der Waals surface area contributed by atoms with Gasteiger partial charge in [-0.05, 0) is 40.5 Å². The highest BCUT2D eigenvalue weighted by Crippen LogP contribution is 2.32. The molecule has 0 atom stereocenters. The topological polar surface area (TPSA) is 44.5 Å². The SMILES string of the molecule is COc1cc(OC)c(CCN)cc1Br. The molecule has 78 valence electrons. The van der Waals surface area contributed by atoms with Crippen molar-refractivity contribution in [1.29, 1.82) is 0 Å². The Hall–Kier alpha value is -0.740. The van der Waals surface area contributed by atoms with Crippen LogP contribution in [0.5, 0.6) is 11.5 Å². The molecule has 1 aromatic rings. The standard InChI is InChI=1S/C10H14BrNO2/c1-13-9-6-10(14-2)8(11)5-7(9)3-4-12/h5-6H,3-4,12H2,1-2H3. The van der Waals surface area contributed by atoms with Gasteiger partial charge in [0.25, 0.3) is 0 Å². The molecule has 0 spiro atoms. The van der Waals surface area contributed by atoms with Crippen molar-refractivity contribution >= 4 is 15.9 Å². The molecule has 14 heavy (non-hydrogen) atoms. The van der Waals surface area contributed by atoms with E-state index in [0.717, 1.165) is 28.0 Å². The minimum absolute atomic E-state index is 0.606. The minimum Gasteiger partial charge on any atom is -0.496 e. The highest BCUT2D eigenvalue weighted by Gasteiger charge is 2.08. The molecule has 0 aromatic heterocycles. The summed E-state index contributed by atoms with van der Waals surface area (Å²) in [5, 5.41) is 0. The number of benzene rings is 1. The van der Waals surface area contributed by atoms with E-state index in [9.17, 15) is 0 Å². The van der Waals surface area contributed by atoms with Crippen LogP contribution in [0.3, 0.4) is 0 Å². The molecule has 0 aliphatic carbocycles. The molecule has 0 amide bonds. The van der Waals surface area contributed by atoms with Gasteiger partial charge in [-0.1, -0.05) is 0 Å². The summed E-state index contributed by atoms with van der Waals surface area (Å²) in [5.74, 6) is 1.58. The summed E-state index contributed by atoms with van der Waals surface area (Å²) in [6, 6.07) is 3.83. The summed E-state index contributed by atoms with van der Waals surface area (Å²) >= 11 is 3.42. The van der Waals surface area contributed by atoms with E-state index < -0.39 is 0 Å². The quantitative estimate of drug-likeness (QED) is 0.900. The highest BCUT2D eigenvalue weighted by molar-refractivity contribution is 9.10. The summed E-state index contributed by atoms with van der Waals surface area (Å²) in [5.41, 5.74) is 6.59. The molecule has 0 bridgehead atoms. The summed E-state index contributed by atoms with van der Waals surface area (Å²) in [6.45, 7) is 0.606. The second kappa shape index (κ2) is 5.22. The number of ether oxygens (including phenoxy) is 2. The second-order valence-electron chi connectivity index (χ2n) is 2.84. The molecule has 0 unspecified atom stereocenters. The first-order chi connectivity index (χ1) is 6.72. The monoisotopic (exact) mass is 259 g/mol. The van der Waals surface area contributed by atoms with Crippen molar-refractivity contribution < 1.29 is 9.47 Å². The van der Waals surface area contributed by atoms with Crippen molar-refractivity contribution in [2.24, 2.45) is 5.73 Å². The lowest BCUT2D eigenvalue weighted by atomic mass is 10.1. The molecule has 0 saturated carbocycles. The van der Waals surface area contributed by atoms with Crippen LogP contribution in [0.4, 0.5) is 0 Å². The van der Waals surface area contributed by atoms with Crippen LogP contribution in [0.2, 0.25) is 0 Å². The molecule has 3 nitrogen and oxygen atoms in total. The molecule has 0 aliphatic rings. The molecule has 0 fully saturated rings. The lowest BCUT2D eigenvalue weighted by molar-refractivity contribution is 0.389. The Morgan fingerprint density at radius 1 is 1.21 bits per heavy atom. The molecule has 4 heteroatoms. The first kappa shape index (κ1) is 11.3. The number of halogens is 1. The minimum atomic E-state index is 0.606. The van der Waals surface area contributed by atoms with E-state index >= 15 is 0 Å². The molecule has 0 saturated heterocycles. The van der Waals surface area contributed by atoms with Crippen LogP contribution in [0.25, 0.3) is 0 Å². The van der Waals surface area contributed by atoms with E-state index in [1.54, 1.807) is 14.2 Å². The average molecular weight is 260 g/mol. The molecule has 0 aliphatic heterocycles. The van der Waals surface area contributed by atoms with Gasteiger partial charge in [-0.15, -0.1) is 0 Å². The lowest BCUT2D eigenvalue weighted by Crippen LogP contribution is -2.04. The molecule has 0 radical (unpaired) electrons. The molecule has 1 aromatic carbocycles. The van der Waals surface area contributed by atoms with E-state index in [2.05, 4.69) is 15.9 Å². The van der Waals surface area contributed by atoms with Crippen molar-refractivity contribution in [3.63, 3.8) is 0 Å². The predicted molar refractivity (Wildman–Crippen MR) is 60.0 cm³/mol. The molecular formula is C10H14BrNO2. The number of rotatable bonds is 4. The van der Waals surface area contributed by atoms with Gasteiger partial charge < -0.3 is 15.2 Å². The van der Waals surface area contributed by atoms with Crippen LogP contribution in [-0.4, -0.2) is 20.8 Å². The number of hydrogen-bond donors (Lipinski definition) is 1. The Kier molecular flexibility index (Phi) is 4.22. The van der Waals surface area contributed by atoms with Crippen LogP contribution >= 0.6 is 15.9 Å². The maximum atomic E-state index is 5.50.